The molecule has 136 valence electrons. The Labute approximate surface area is 147 Å². The summed E-state index contributed by atoms with van der Waals surface area (Å²) >= 11 is 0. The molecular weight excluding hydrogens is 320 g/mol. The zero-order valence-corrected chi connectivity index (χ0v) is 17.1. The smallest absolute Gasteiger partial charge is 0.192 e. The zero-order chi connectivity index (χ0) is 17.8. The molecule has 5 heteroatoms. The van der Waals surface area contributed by atoms with Crippen molar-refractivity contribution in [1.82, 2.24) is 0 Å². The van der Waals surface area contributed by atoms with E-state index in [0.29, 0.717) is 0 Å². The summed E-state index contributed by atoms with van der Waals surface area (Å²) in [7, 11) is -1.92. The highest BCUT2D eigenvalue weighted by atomic mass is 28.4. The normalized spacial score (nSPS) is 35.4. The van der Waals surface area contributed by atoms with Crippen molar-refractivity contribution in [2.75, 3.05) is 0 Å². The van der Waals surface area contributed by atoms with Crippen LogP contribution in [0.3, 0.4) is 0 Å². The van der Waals surface area contributed by atoms with Crippen LogP contribution < -0.4 is 0 Å². The van der Waals surface area contributed by atoms with Crippen LogP contribution in [0.25, 0.3) is 0 Å². The van der Waals surface area contributed by atoms with E-state index in [2.05, 4.69) is 52.1 Å². The van der Waals surface area contributed by atoms with Crippen LogP contribution in [-0.2, 0) is 18.6 Å². The summed E-state index contributed by atoms with van der Waals surface area (Å²) in [5.41, 5.74) is 1.39. The molecule has 0 amide bonds. The summed E-state index contributed by atoms with van der Waals surface area (Å²) < 4.78 is 25.1. The lowest BCUT2D eigenvalue weighted by Gasteiger charge is -2.40. The second-order valence-electron chi connectivity index (χ2n) is 9.15. The van der Waals surface area contributed by atoms with Gasteiger partial charge >= 0.3 is 0 Å². The number of ether oxygens (including phenoxy) is 3. The van der Waals surface area contributed by atoms with Gasteiger partial charge in [0.05, 0.1) is 6.10 Å². The molecule has 0 aromatic rings. The first kappa shape index (κ1) is 18.3. The standard InChI is InChI=1S/C19H32O4Si/c1-18(2,3)24(6,7)23-15-14(12-13-10-8-9-11-13)20-17-16(15)21-19(4,5)22-17/h8-10,14-17H,11-12H2,1-7H3. The van der Waals surface area contributed by atoms with Crippen molar-refractivity contribution in [2.24, 2.45) is 0 Å². The van der Waals surface area contributed by atoms with Crippen molar-refractivity contribution in [1.29, 1.82) is 0 Å². The summed E-state index contributed by atoms with van der Waals surface area (Å²) in [5.74, 6) is -0.608. The highest BCUT2D eigenvalue weighted by Gasteiger charge is 2.57. The van der Waals surface area contributed by atoms with E-state index in [0.717, 1.165) is 12.8 Å². The Balaban J connectivity index is 1.79. The topological polar surface area (TPSA) is 36.9 Å². The first-order valence-electron chi connectivity index (χ1n) is 9.02. The van der Waals surface area contributed by atoms with Crippen molar-refractivity contribution in [3.05, 3.63) is 23.8 Å². The lowest BCUT2D eigenvalue weighted by molar-refractivity contribution is -0.213. The third-order valence-corrected chi connectivity index (χ3v) is 10.1. The summed E-state index contributed by atoms with van der Waals surface area (Å²) in [6.07, 6.45) is 7.84. The fourth-order valence-electron chi connectivity index (χ4n) is 3.27. The number of rotatable bonds is 4. The van der Waals surface area contributed by atoms with Crippen LogP contribution >= 0.6 is 0 Å². The maximum Gasteiger partial charge on any atom is 0.192 e. The molecule has 0 aromatic heterocycles. The molecule has 4 unspecified atom stereocenters. The highest BCUT2D eigenvalue weighted by Crippen LogP contribution is 2.45. The molecule has 0 aromatic carbocycles. The molecule has 1 aliphatic carbocycles. The highest BCUT2D eigenvalue weighted by molar-refractivity contribution is 6.74. The van der Waals surface area contributed by atoms with Crippen molar-refractivity contribution >= 4 is 8.32 Å². The molecule has 2 fully saturated rings. The van der Waals surface area contributed by atoms with E-state index in [-0.39, 0.29) is 29.6 Å². The average Bonchev–Trinajstić information content (AvgIpc) is 3.07. The molecule has 2 aliphatic heterocycles. The molecule has 2 heterocycles. The van der Waals surface area contributed by atoms with Crippen LogP contribution in [0.5, 0.6) is 0 Å². The van der Waals surface area contributed by atoms with Gasteiger partial charge in [-0.15, -0.1) is 0 Å². The van der Waals surface area contributed by atoms with Gasteiger partial charge in [-0.05, 0) is 44.8 Å². The van der Waals surface area contributed by atoms with Crippen LogP contribution in [0.15, 0.2) is 23.8 Å². The Hall–Kier alpha value is -0.463. The van der Waals surface area contributed by atoms with E-state index >= 15 is 0 Å². The van der Waals surface area contributed by atoms with Crippen LogP contribution in [0.1, 0.15) is 47.5 Å². The van der Waals surface area contributed by atoms with Crippen LogP contribution in [-0.4, -0.2) is 38.7 Å². The van der Waals surface area contributed by atoms with Gasteiger partial charge in [0.1, 0.15) is 12.2 Å². The Kier molecular flexibility index (Phi) is 4.63. The molecule has 0 spiro atoms. The maximum absolute atomic E-state index is 6.75. The van der Waals surface area contributed by atoms with Gasteiger partial charge in [-0.2, -0.15) is 0 Å². The Bertz CT molecular complexity index is 544. The predicted octanol–water partition coefficient (Wildman–Crippen LogP) is 4.53. The third-order valence-electron chi connectivity index (χ3n) is 5.64. The fraction of sp³-hybridized carbons (Fsp3) is 0.789. The minimum Gasteiger partial charge on any atom is -0.408 e. The monoisotopic (exact) mass is 352 g/mol. The largest absolute Gasteiger partial charge is 0.408 e. The molecule has 0 radical (unpaired) electrons. The van der Waals surface area contributed by atoms with Crippen molar-refractivity contribution in [3.63, 3.8) is 0 Å². The van der Waals surface area contributed by atoms with Gasteiger partial charge in [0.2, 0.25) is 0 Å². The fourth-order valence-corrected chi connectivity index (χ4v) is 4.59. The van der Waals surface area contributed by atoms with E-state index in [4.69, 9.17) is 18.6 Å². The number of hydrogen-bond acceptors (Lipinski definition) is 4. The van der Waals surface area contributed by atoms with E-state index in [1.54, 1.807) is 0 Å². The third kappa shape index (κ3) is 3.56. The minimum atomic E-state index is -1.92. The first-order chi connectivity index (χ1) is 11.0. The molecule has 0 N–H and O–H groups in total. The van der Waals surface area contributed by atoms with Crippen LogP contribution in [0.2, 0.25) is 18.1 Å². The number of hydrogen-bond donors (Lipinski definition) is 0. The number of allylic oxidation sites excluding steroid dienone is 3. The molecular formula is C19H32O4Si. The molecule has 0 saturated carbocycles. The van der Waals surface area contributed by atoms with Crippen LogP contribution in [0.4, 0.5) is 0 Å². The Morgan fingerprint density at radius 2 is 1.96 bits per heavy atom. The van der Waals surface area contributed by atoms with Crippen molar-refractivity contribution < 1.29 is 18.6 Å². The number of fused-ring (bicyclic) bond motifs is 1. The lowest BCUT2D eigenvalue weighted by Crippen LogP contribution is -2.49. The van der Waals surface area contributed by atoms with Gasteiger partial charge in [0, 0.05) is 0 Å². The Morgan fingerprint density at radius 3 is 2.54 bits per heavy atom. The summed E-state index contributed by atoms with van der Waals surface area (Å²) in [5, 5.41) is 0.152. The van der Waals surface area contributed by atoms with Gasteiger partial charge in [-0.25, -0.2) is 0 Å². The molecule has 0 bridgehead atoms. The first-order valence-corrected chi connectivity index (χ1v) is 11.9. The minimum absolute atomic E-state index is 0.00336. The van der Waals surface area contributed by atoms with E-state index in [1.165, 1.54) is 5.57 Å². The molecule has 4 atom stereocenters. The summed E-state index contributed by atoms with van der Waals surface area (Å²) in [4.78, 5) is 0. The summed E-state index contributed by atoms with van der Waals surface area (Å²) in [6.45, 7) is 15.2. The van der Waals surface area contributed by atoms with Gasteiger partial charge in [0.25, 0.3) is 0 Å². The van der Waals surface area contributed by atoms with E-state index in [9.17, 15) is 0 Å². The molecule has 4 nitrogen and oxygen atoms in total. The second-order valence-corrected chi connectivity index (χ2v) is 13.9. The van der Waals surface area contributed by atoms with E-state index in [1.807, 2.05) is 13.8 Å². The molecule has 3 rings (SSSR count). The quantitative estimate of drug-likeness (QED) is 0.697. The SMILES string of the molecule is CC1(C)OC2OC(CC3=CC=CC3)C(O[Si](C)(C)C(C)(C)C)C2O1. The van der Waals surface area contributed by atoms with Crippen molar-refractivity contribution in [3.8, 4) is 0 Å². The lowest BCUT2D eigenvalue weighted by atomic mass is 10.0. The average molecular weight is 353 g/mol. The van der Waals surface area contributed by atoms with Gasteiger partial charge in [-0.3, -0.25) is 0 Å². The molecule has 3 aliphatic rings. The van der Waals surface area contributed by atoms with Crippen molar-refractivity contribution in [2.45, 2.75) is 96.0 Å². The molecule has 2 saturated heterocycles. The predicted molar refractivity (Wildman–Crippen MR) is 97.2 cm³/mol. The second kappa shape index (κ2) is 6.06. The van der Waals surface area contributed by atoms with Gasteiger partial charge in [0.15, 0.2) is 20.4 Å². The summed E-state index contributed by atoms with van der Waals surface area (Å²) in [6, 6.07) is 0. The van der Waals surface area contributed by atoms with E-state index < -0.39 is 14.1 Å². The van der Waals surface area contributed by atoms with Crippen LogP contribution in [0, 0.1) is 0 Å². The Morgan fingerprint density at radius 1 is 1.25 bits per heavy atom. The zero-order valence-electron chi connectivity index (χ0n) is 16.1. The van der Waals surface area contributed by atoms with Gasteiger partial charge < -0.3 is 18.6 Å². The maximum atomic E-state index is 6.75. The molecule has 24 heavy (non-hydrogen) atoms. The van der Waals surface area contributed by atoms with Gasteiger partial charge in [-0.1, -0.05) is 44.6 Å².